The number of phenolic OH excluding ortho intramolecular Hbond substituents is 1. The fourth-order valence-corrected chi connectivity index (χ4v) is 2.14. The van der Waals surface area contributed by atoms with Gasteiger partial charge in [0.1, 0.15) is 5.75 Å². The van der Waals surface area contributed by atoms with E-state index < -0.39 is 0 Å². The van der Waals surface area contributed by atoms with Crippen molar-refractivity contribution in [2.24, 2.45) is 0 Å². The predicted molar refractivity (Wildman–Crippen MR) is 75.5 cm³/mol. The van der Waals surface area contributed by atoms with E-state index >= 15 is 0 Å². The Bertz CT molecular complexity index is 705. The van der Waals surface area contributed by atoms with E-state index in [1.807, 2.05) is 36.4 Å². The van der Waals surface area contributed by atoms with Gasteiger partial charge in [0, 0.05) is 5.39 Å². The van der Waals surface area contributed by atoms with E-state index in [1.165, 1.54) is 0 Å². The third kappa shape index (κ3) is 1.68. The lowest BCUT2D eigenvalue weighted by atomic mass is 10.0. The molecule has 0 spiro atoms. The second kappa shape index (κ2) is 4.08. The summed E-state index contributed by atoms with van der Waals surface area (Å²) in [6, 6.07) is 19.8. The molecule has 0 radical (unpaired) electrons. The zero-order chi connectivity index (χ0) is 12.5. The van der Waals surface area contributed by atoms with Crippen LogP contribution in [-0.2, 0) is 0 Å². The van der Waals surface area contributed by atoms with Gasteiger partial charge >= 0.3 is 0 Å². The molecule has 3 aromatic rings. The summed E-state index contributed by atoms with van der Waals surface area (Å²) in [5.41, 5.74) is 8.39. The fourth-order valence-electron chi connectivity index (χ4n) is 2.14. The van der Waals surface area contributed by atoms with Gasteiger partial charge in [-0.15, -0.1) is 0 Å². The van der Waals surface area contributed by atoms with Gasteiger partial charge in [-0.25, -0.2) is 0 Å². The number of aromatic hydroxyl groups is 1. The van der Waals surface area contributed by atoms with Crippen LogP contribution in [0.4, 0.5) is 5.69 Å². The molecule has 0 amide bonds. The first-order valence-electron chi connectivity index (χ1n) is 5.82. The molecule has 18 heavy (non-hydrogen) atoms. The van der Waals surface area contributed by atoms with Gasteiger partial charge < -0.3 is 10.8 Å². The average molecular weight is 235 g/mol. The van der Waals surface area contributed by atoms with Crippen molar-refractivity contribution >= 4 is 16.5 Å². The first-order valence-corrected chi connectivity index (χ1v) is 5.82. The van der Waals surface area contributed by atoms with Gasteiger partial charge in [-0.05, 0) is 34.7 Å². The van der Waals surface area contributed by atoms with Gasteiger partial charge in [0.25, 0.3) is 0 Å². The van der Waals surface area contributed by atoms with E-state index in [0.29, 0.717) is 5.69 Å². The Labute approximate surface area is 105 Å². The number of hydrogen-bond acceptors (Lipinski definition) is 2. The molecule has 0 heterocycles. The van der Waals surface area contributed by atoms with Crippen LogP contribution < -0.4 is 5.73 Å². The van der Waals surface area contributed by atoms with Crippen molar-refractivity contribution in [3.63, 3.8) is 0 Å². The Balaban J connectivity index is 2.21. The molecular formula is C16H13NO. The highest BCUT2D eigenvalue weighted by Crippen LogP contribution is 2.33. The highest BCUT2D eigenvalue weighted by atomic mass is 16.3. The molecule has 0 aliphatic carbocycles. The molecule has 2 nitrogen and oxygen atoms in total. The summed E-state index contributed by atoms with van der Waals surface area (Å²) < 4.78 is 0. The number of benzene rings is 3. The largest absolute Gasteiger partial charge is 0.505 e. The Morgan fingerprint density at radius 2 is 1.56 bits per heavy atom. The molecule has 0 fully saturated rings. The maximum Gasteiger partial charge on any atom is 0.146 e. The standard InChI is InChI=1S/C16H13NO/c17-15-9-7-13-10-12(6-8-14(13)16(15)18)11-4-2-1-3-5-11/h1-10,18H,17H2. The number of rotatable bonds is 1. The van der Waals surface area contributed by atoms with Gasteiger partial charge in [0.05, 0.1) is 5.69 Å². The molecule has 3 rings (SSSR count). The van der Waals surface area contributed by atoms with Crippen LogP contribution in [0.15, 0.2) is 60.7 Å². The summed E-state index contributed by atoms with van der Waals surface area (Å²) in [6.45, 7) is 0. The molecule has 2 heteroatoms. The third-order valence-electron chi connectivity index (χ3n) is 3.13. The average Bonchev–Trinajstić information content (AvgIpc) is 2.44. The van der Waals surface area contributed by atoms with Crippen molar-refractivity contribution in [2.75, 3.05) is 5.73 Å². The number of anilines is 1. The van der Waals surface area contributed by atoms with Crippen molar-refractivity contribution in [3.8, 4) is 16.9 Å². The summed E-state index contributed by atoms with van der Waals surface area (Å²) in [7, 11) is 0. The Kier molecular flexibility index (Phi) is 2.41. The predicted octanol–water partition coefficient (Wildman–Crippen LogP) is 3.79. The second-order valence-electron chi connectivity index (χ2n) is 4.31. The normalized spacial score (nSPS) is 10.7. The van der Waals surface area contributed by atoms with Gasteiger partial charge in [0.15, 0.2) is 0 Å². The van der Waals surface area contributed by atoms with Crippen LogP contribution in [0.1, 0.15) is 0 Å². The monoisotopic (exact) mass is 235 g/mol. The quantitative estimate of drug-likeness (QED) is 0.498. The van der Waals surface area contributed by atoms with Gasteiger partial charge in [-0.3, -0.25) is 0 Å². The molecule has 0 atom stereocenters. The minimum absolute atomic E-state index is 0.159. The van der Waals surface area contributed by atoms with E-state index in [9.17, 15) is 5.11 Å². The van der Waals surface area contributed by atoms with E-state index in [0.717, 1.165) is 21.9 Å². The molecule has 0 aliphatic heterocycles. The first kappa shape index (κ1) is 10.7. The van der Waals surface area contributed by atoms with Crippen LogP contribution in [0.3, 0.4) is 0 Å². The van der Waals surface area contributed by atoms with Crippen LogP contribution in [0, 0.1) is 0 Å². The topological polar surface area (TPSA) is 46.2 Å². The molecule has 0 saturated heterocycles. The number of fused-ring (bicyclic) bond motifs is 1. The maximum absolute atomic E-state index is 9.89. The van der Waals surface area contributed by atoms with Gasteiger partial charge in [0.2, 0.25) is 0 Å². The highest BCUT2D eigenvalue weighted by Gasteiger charge is 2.05. The third-order valence-corrected chi connectivity index (χ3v) is 3.13. The summed E-state index contributed by atoms with van der Waals surface area (Å²) in [5.74, 6) is 0.159. The van der Waals surface area contributed by atoms with Gasteiger partial charge in [-0.1, -0.05) is 42.5 Å². The second-order valence-corrected chi connectivity index (χ2v) is 4.31. The Morgan fingerprint density at radius 3 is 2.33 bits per heavy atom. The van der Waals surface area contributed by atoms with Crippen molar-refractivity contribution in [1.82, 2.24) is 0 Å². The molecule has 0 bridgehead atoms. The minimum atomic E-state index is 0.159. The maximum atomic E-state index is 9.89. The lowest BCUT2D eigenvalue weighted by Gasteiger charge is -2.07. The molecule has 3 N–H and O–H groups in total. The number of nitrogen functional groups attached to an aromatic ring is 1. The molecule has 0 saturated carbocycles. The SMILES string of the molecule is Nc1ccc2cc(-c3ccccc3)ccc2c1O. The van der Waals surface area contributed by atoms with Crippen LogP contribution >= 0.6 is 0 Å². The van der Waals surface area contributed by atoms with Crippen molar-refractivity contribution in [1.29, 1.82) is 0 Å². The van der Waals surface area contributed by atoms with E-state index in [1.54, 1.807) is 6.07 Å². The zero-order valence-corrected chi connectivity index (χ0v) is 9.80. The van der Waals surface area contributed by atoms with Crippen molar-refractivity contribution < 1.29 is 5.11 Å². The fraction of sp³-hybridized carbons (Fsp3) is 0. The number of hydrogen-bond donors (Lipinski definition) is 2. The van der Waals surface area contributed by atoms with Gasteiger partial charge in [-0.2, -0.15) is 0 Å². The van der Waals surface area contributed by atoms with Crippen molar-refractivity contribution in [3.05, 3.63) is 60.7 Å². The van der Waals surface area contributed by atoms with Crippen LogP contribution in [-0.4, -0.2) is 5.11 Å². The van der Waals surface area contributed by atoms with Crippen LogP contribution in [0.25, 0.3) is 21.9 Å². The first-order chi connectivity index (χ1) is 8.75. The smallest absolute Gasteiger partial charge is 0.146 e. The Morgan fingerprint density at radius 1 is 0.778 bits per heavy atom. The highest BCUT2D eigenvalue weighted by molar-refractivity contribution is 5.95. The molecule has 0 unspecified atom stereocenters. The Hall–Kier alpha value is -2.48. The van der Waals surface area contributed by atoms with Crippen LogP contribution in [0.5, 0.6) is 5.75 Å². The van der Waals surface area contributed by atoms with Crippen LogP contribution in [0.2, 0.25) is 0 Å². The summed E-state index contributed by atoms with van der Waals surface area (Å²) in [5, 5.41) is 11.7. The summed E-state index contributed by atoms with van der Waals surface area (Å²) >= 11 is 0. The lowest BCUT2D eigenvalue weighted by molar-refractivity contribution is 0.484. The summed E-state index contributed by atoms with van der Waals surface area (Å²) in [6.07, 6.45) is 0. The zero-order valence-electron chi connectivity index (χ0n) is 9.80. The summed E-state index contributed by atoms with van der Waals surface area (Å²) in [4.78, 5) is 0. The lowest BCUT2D eigenvalue weighted by Crippen LogP contribution is -1.86. The van der Waals surface area contributed by atoms with Crippen molar-refractivity contribution in [2.45, 2.75) is 0 Å². The number of phenols is 1. The molecule has 0 aliphatic rings. The van der Waals surface area contributed by atoms with E-state index in [2.05, 4.69) is 18.2 Å². The van der Waals surface area contributed by atoms with E-state index in [-0.39, 0.29) is 5.75 Å². The number of nitrogens with two attached hydrogens (primary N) is 1. The minimum Gasteiger partial charge on any atom is -0.505 e. The van der Waals surface area contributed by atoms with E-state index in [4.69, 9.17) is 5.73 Å². The molecule has 0 aromatic heterocycles. The molecule has 3 aromatic carbocycles. The molecule has 88 valence electrons. The molecular weight excluding hydrogens is 222 g/mol.